The van der Waals surface area contributed by atoms with Gasteiger partial charge in [-0.05, 0) is 48.7 Å². The molecule has 2 aromatic carbocycles. The summed E-state index contributed by atoms with van der Waals surface area (Å²) in [5, 5.41) is 6.50. The summed E-state index contributed by atoms with van der Waals surface area (Å²) in [6.07, 6.45) is 0. The van der Waals surface area contributed by atoms with Crippen LogP contribution < -0.4 is 20.1 Å². The van der Waals surface area contributed by atoms with E-state index in [1.807, 2.05) is 31.2 Å². The van der Waals surface area contributed by atoms with Gasteiger partial charge < -0.3 is 20.1 Å². The number of rotatable bonds is 5. The molecule has 2 aromatic rings. The average Bonchev–Trinajstić information content (AvgIpc) is 3.08. The van der Waals surface area contributed by atoms with Crippen LogP contribution in [-0.2, 0) is 13.1 Å². The molecule has 0 spiro atoms. The van der Waals surface area contributed by atoms with Gasteiger partial charge in [0.2, 0.25) is 6.79 Å². The third kappa shape index (κ3) is 4.41. The maximum Gasteiger partial charge on any atom is 0.231 e. The van der Waals surface area contributed by atoms with Gasteiger partial charge in [0.25, 0.3) is 0 Å². The van der Waals surface area contributed by atoms with Gasteiger partial charge in [-0.1, -0.05) is 18.2 Å². The monoisotopic (exact) mass is 343 g/mol. The minimum absolute atomic E-state index is 0.194. The number of hydrogen-bond acceptors (Lipinski definition) is 3. The van der Waals surface area contributed by atoms with Gasteiger partial charge in [0.05, 0.1) is 6.54 Å². The molecule has 1 heterocycles. The summed E-state index contributed by atoms with van der Waals surface area (Å²) in [4.78, 5) is 4.56. The lowest BCUT2D eigenvalue weighted by Crippen LogP contribution is -2.36. The second-order valence-electron chi connectivity index (χ2n) is 5.82. The molecule has 0 unspecified atom stereocenters. The van der Waals surface area contributed by atoms with Crippen molar-refractivity contribution >= 4 is 5.96 Å². The van der Waals surface area contributed by atoms with E-state index in [1.54, 1.807) is 13.0 Å². The van der Waals surface area contributed by atoms with Crippen LogP contribution in [0.15, 0.2) is 41.4 Å². The lowest BCUT2D eigenvalue weighted by Gasteiger charge is -2.12. The molecule has 0 radical (unpaired) electrons. The minimum Gasteiger partial charge on any atom is -0.454 e. The molecular weight excluding hydrogens is 321 g/mol. The molecule has 6 heteroatoms. The van der Waals surface area contributed by atoms with Crippen LogP contribution in [0.4, 0.5) is 4.39 Å². The smallest absolute Gasteiger partial charge is 0.231 e. The Morgan fingerprint density at radius 2 is 1.88 bits per heavy atom. The minimum atomic E-state index is -0.194. The Balaban J connectivity index is 1.63. The van der Waals surface area contributed by atoms with Crippen LogP contribution in [0.3, 0.4) is 0 Å². The number of fused-ring (bicyclic) bond motifs is 1. The van der Waals surface area contributed by atoms with Gasteiger partial charge >= 0.3 is 0 Å². The highest BCUT2D eigenvalue weighted by Crippen LogP contribution is 2.32. The number of guanidine groups is 1. The number of aliphatic imine (C=N–C) groups is 1. The van der Waals surface area contributed by atoms with Crippen LogP contribution in [0.5, 0.6) is 11.5 Å². The summed E-state index contributed by atoms with van der Waals surface area (Å²) in [6, 6.07) is 10.9. The number of halogens is 1. The maximum absolute atomic E-state index is 13.3. The van der Waals surface area contributed by atoms with Crippen LogP contribution in [0.25, 0.3) is 0 Å². The Bertz CT molecular complexity index is 777. The van der Waals surface area contributed by atoms with E-state index >= 15 is 0 Å². The molecule has 132 valence electrons. The van der Waals surface area contributed by atoms with Crippen LogP contribution in [0, 0.1) is 12.7 Å². The lowest BCUT2D eigenvalue weighted by molar-refractivity contribution is 0.174. The Hall–Kier alpha value is -2.76. The highest BCUT2D eigenvalue weighted by molar-refractivity contribution is 5.79. The van der Waals surface area contributed by atoms with Crippen molar-refractivity contribution in [3.8, 4) is 11.5 Å². The first-order valence-electron chi connectivity index (χ1n) is 8.31. The first-order valence-corrected chi connectivity index (χ1v) is 8.31. The number of nitrogens with zero attached hydrogens (tertiary/aromatic N) is 1. The highest BCUT2D eigenvalue weighted by atomic mass is 19.1. The summed E-state index contributed by atoms with van der Waals surface area (Å²) in [5.41, 5.74) is 2.68. The van der Waals surface area contributed by atoms with Gasteiger partial charge in [-0.3, -0.25) is 0 Å². The Morgan fingerprint density at radius 1 is 1.08 bits per heavy atom. The van der Waals surface area contributed by atoms with E-state index in [4.69, 9.17) is 9.47 Å². The molecule has 5 nitrogen and oxygen atoms in total. The predicted molar refractivity (Wildman–Crippen MR) is 95.4 cm³/mol. The number of ether oxygens (including phenoxy) is 2. The second-order valence-corrected chi connectivity index (χ2v) is 5.82. The van der Waals surface area contributed by atoms with Gasteiger partial charge in [0.15, 0.2) is 17.5 Å². The number of nitrogens with one attached hydrogen (secondary N) is 2. The standard InChI is InChI=1S/C19H22FN3O2/c1-3-21-19(22-10-14-4-6-16(20)13(2)8-14)23-11-15-5-7-17-18(9-15)25-12-24-17/h4-9H,3,10-12H2,1-2H3,(H2,21,22,23). The average molecular weight is 343 g/mol. The van der Waals surface area contributed by atoms with E-state index in [2.05, 4.69) is 15.6 Å². The van der Waals surface area contributed by atoms with E-state index in [0.717, 1.165) is 29.2 Å². The molecule has 1 aliphatic heterocycles. The molecule has 0 aromatic heterocycles. The molecule has 0 saturated heterocycles. The first kappa shape index (κ1) is 17.1. The van der Waals surface area contributed by atoms with Gasteiger partial charge in [-0.25, -0.2) is 9.38 Å². The molecule has 0 fully saturated rings. The third-order valence-corrected chi connectivity index (χ3v) is 3.88. The Kier molecular flexibility index (Phi) is 5.38. The lowest BCUT2D eigenvalue weighted by atomic mass is 10.1. The van der Waals surface area contributed by atoms with E-state index in [-0.39, 0.29) is 12.6 Å². The molecule has 0 saturated carbocycles. The molecule has 0 aliphatic carbocycles. The van der Waals surface area contributed by atoms with Crippen molar-refractivity contribution in [1.82, 2.24) is 10.6 Å². The van der Waals surface area contributed by atoms with Crippen molar-refractivity contribution in [2.45, 2.75) is 26.9 Å². The largest absolute Gasteiger partial charge is 0.454 e. The fourth-order valence-corrected chi connectivity index (χ4v) is 2.55. The molecule has 0 amide bonds. The van der Waals surface area contributed by atoms with Gasteiger partial charge in [0.1, 0.15) is 5.82 Å². The van der Waals surface area contributed by atoms with E-state index in [9.17, 15) is 4.39 Å². The molecule has 3 rings (SSSR count). The summed E-state index contributed by atoms with van der Waals surface area (Å²) in [5.74, 6) is 2.06. The molecule has 0 bridgehead atoms. The highest BCUT2D eigenvalue weighted by Gasteiger charge is 2.13. The fourth-order valence-electron chi connectivity index (χ4n) is 2.55. The molecule has 1 aliphatic rings. The van der Waals surface area contributed by atoms with Crippen molar-refractivity contribution in [2.24, 2.45) is 4.99 Å². The summed E-state index contributed by atoms with van der Waals surface area (Å²) in [7, 11) is 0. The quantitative estimate of drug-likeness (QED) is 0.647. The zero-order valence-corrected chi connectivity index (χ0v) is 14.4. The van der Waals surface area contributed by atoms with E-state index in [1.165, 1.54) is 6.07 Å². The van der Waals surface area contributed by atoms with Crippen molar-refractivity contribution in [1.29, 1.82) is 0 Å². The van der Waals surface area contributed by atoms with Crippen molar-refractivity contribution in [3.63, 3.8) is 0 Å². The van der Waals surface area contributed by atoms with Gasteiger partial charge in [0, 0.05) is 13.1 Å². The summed E-state index contributed by atoms with van der Waals surface area (Å²) in [6.45, 7) is 5.90. The zero-order chi connectivity index (χ0) is 17.6. The zero-order valence-electron chi connectivity index (χ0n) is 14.4. The summed E-state index contributed by atoms with van der Waals surface area (Å²) >= 11 is 0. The van der Waals surface area contributed by atoms with Crippen LogP contribution in [0.2, 0.25) is 0 Å². The normalized spacial score (nSPS) is 13.0. The topological polar surface area (TPSA) is 54.9 Å². The van der Waals surface area contributed by atoms with Crippen molar-refractivity contribution in [3.05, 3.63) is 58.9 Å². The second kappa shape index (κ2) is 7.88. The van der Waals surface area contributed by atoms with E-state index < -0.39 is 0 Å². The maximum atomic E-state index is 13.3. The van der Waals surface area contributed by atoms with Crippen LogP contribution in [-0.4, -0.2) is 19.3 Å². The number of hydrogen-bond donors (Lipinski definition) is 2. The fraction of sp³-hybridized carbons (Fsp3) is 0.316. The summed E-state index contributed by atoms with van der Waals surface area (Å²) < 4.78 is 24.1. The first-order chi connectivity index (χ1) is 12.2. The van der Waals surface area contributed by atoms with Crippen molar-refractivity contribution in [2.75, 3.05) is 13.3 Å². The van der Waals surface area contributed by atoms with Crippen molar-refractivity contribution < 1.29 is 13.9 Å². The number of aryl methyl sites for hydroxylation is 1. The SMILES string of the molecule is CCNC(=NCc1ccc(F)c(C)c1)NCc1ccc2c(c1)OCO2. The Labute approximate surface area is 146 Å². The molecule has 0 atom stereocenters. The number of benzene rings is 2. The van der Waals surface area contributed by atoms with Gasteiger partial charge in [-0.15, -0.1) is 0 Å². The Morgan fingerprint density at radius 3 is 2.68 bits per heavy atom. The third-order valence-electron chi connectivity index (χ3n) is 3.88. The van der Waals surface area contributed by atoms with Gasteiger partial charge in [-0.2, -0.15) is 0 Å². The molecular formula is C19H22FN3O2. The molecule has 2 N–H and O–H groups in total. The van der Waals surface area contributed by atoms with Crippen LogP contribution in [0.1, 0.15) is 23.6 Å². The predicted octanol–water partition coefficient (Wildman–Crippen LogP) is 3.12. The molecule has 25 heavy (non-hydrogen) atoms. The van der Waals surface area contributed by atoms with Crippen LogP contribution >= 0.6 is 0 Å². The van der Waals surface area contributed by atoms with E-state index in [0.29, 0.717) is 24.6 Å².